The SMILES string of the molecule is Nc1ccc(Nc2ccccc2Br)nc1. The Morgan fingerprint density at radius 2 is 1.93 bits per heavy atom. The van der Waals surface area contributed by atoms with Crippen molar-refractivity contribution in [3.63, 3.8) is 0 Å². The van der Waals surface area contributed by atoms with Crippen molar-refractivity contribution >= 4 is 33.1 Å². The molecule has 0 bridgehead atoms. The normalized spacial score (nSPS) is 9.93. The van der Waals surface area contributed by atoms with E-state index in [0.29, 0.717) is 5.69 Å². The molecule has 15 heavy (non-hydrogen) atoms. The number of nitrogens with two attached hydrogens (primary N) is 1. The first-order chi connectivity index (χ1) is 7.25. The van der Waals surface area contributed by atoms with Crippen LogP contribution in [0, 0.1) is 0 Å². The van der Waals surface area contributed by atoms with Gasteiger partial charge in [0.25, 0.3) is 0 Å². The second-order valence-electron chi connectivity index (χ2n) is 3.08. The third-order valence-corrected chi connectivity index (χ3v) is 2.61. The third-order valence-electron chi connectivity index (χ3n) is 1.92. The first kappa shape index (κ1) is 9.98. The molecule has 1 heterocycles. The molecule has 1 aromatic heterocycles. The summed E-state index contributed by atoms with van der Waals surface area (Å²) in [7, 11) is 0. The van der Waals surface area contributed by atoms with E-state index in [1.54, 1.807) is 6.20 Å². The highest BCUT2D eigenvalue weighted by Crippen LogP contribution is 2.24. The highest BCUT2D eigenvalue weighted by molar-refractivity contribution is 9.10. The van der Waals surface area contributed by atoms with E-state index in [9.17, 15) is 0 Å². The summed E-state index contributed by atoms with van der Waals surface area (Å²) in [5.74, 6) is 0.774. The smallest absolute Gasteiger partial charge is 0.130 e. The predicted octanol–water partition coefficient (Wildman–Crippen LogP) is 3.17. The largest absolute Gasteiger partial charge is 0.397 e. The fraction of sp³-hybridized carbons (Fsp3) is 0. The molecule has 4 heteroatoms. The Bertz CT molecular complexity index is 454. The van der Waals surface area contributed by atoms with Crippen LogP contribution in [0.4, 0.5) is 17.2 Å². The molecule has 2 rings (SSSR count). The molecule has 2 aromatic rings. The van der Waals surface area contributed by atoms with Gasteiger partial charge in [0.1, 0.15) is 5.82 Å². The summed E-state index contributed by atoms with van der Waals surface area (Å²) >= 11 is 3.45. The monoisotopic (exact) mass is 263 g/mol. The lowest BCUT2D eigenvalue weighted by atomic mass is 10.3. The number of aromatic nitrogens is 1. The molecule has 1 aromatic carbocycles. The summed E-state index contributed by atoms with van der Waals surface area (Å²) in [6.07, 6.45) is 1.62. The number of halogens is 1. The summed E-state index contributed by atoms with van der Waals surface area (Å²) in [6.45, 7) is 0. The van der Waals surface area contributed by atoms with E-state index in [1.165, 1.54) is 0 Å². The van der Waals surface area contributed by atoms with Crippen molar-refractivity contribution < 1.29 is 0 Å². The van der Waals surface area contributed by atoms with Crippen LogP contribution in [0.2, 0.25) is 0 Å². The van der Waals surface area contributed by atoms with Crippen LogP contribution in [0.3, 0.4) is 0 Å². The van der Waals surface area contributed by atoms with Gasteiger partial charge in [-0.25, -0.2) is 4.98 Å². The van der Waals surface area contributed by atoms with Gasteiger partial charge in [0.05, 0.1) is 17.6 Å². The summed E-state index contributed by atoms with van der Waals surface area (Å²) < 4.78 is 1.00. The number of nitrogens with one attached hydrogen (secondary N) is 1. The summed E-state index contributed by atoms with van der Waals surface area (Å²) in [5, 5.41) is 3.19. The van der Waals surface area contributed by atoms with Crippen LogP contribution in [0.5, 0.6) is 0 Å². The first-order valence-electron chi connectivity index (χ1n) is 4.49. The fourth-order valence-corrected chi connectivity index (χ4v) is 1.56. The number of para-hydroxylation sites is 1. The van der Waals surface area contributed by atoms with Crippen molar-refractivity contribution in [3.8, 4) is 0 Å². The second-order valence-corrected chi connectivity index (χ2v) is 3.94. The molecule has 0 saturated heterocycles. The van der Waals surface area contributed by atoms with Gasteiger partial charge in [0.2, 0.25) is 0 Å². The van der Waals surface area contributed by atoms with E-state index in [-0.39, 0.29) is 0 Å². The maximum Gasteiger partial charge on any atom is 0.130 e. The zero-order valence-corrected chi connectivity index (χ0v) is 9.53. The summed E-state index contributed by atoms with van der Waals surface area (Å²) in [6, 6.07) is 11.5. The summed E-state index contributed by atoms with van der Waals surface area (Å²) in [5.41, 5.74) is 7.19. The maximum atomic E-state index is 5.55. The van der Waals surface area contributed by atoms with Crippen molar-refractivity contribution in [2.75, 3.05) is 11.1 Å². The molecule has 0 spiro atoms. The van der Waals surface area contributed by atoms with E-state index < -0.39 is 0 Å². The number of nitrogen functional groups attached to an aromatic ring is 1. The van der Waals surface area contributed by atoms with Crippen LogP contribution in [0.1, 0.15) is 0 Å². The van der Waals surface area contributed by atoms with Crippen LogP contribution < -0.4 is 11.1 Å². The topological polar surface area (TPSA) is 50.9 Å². The molecule has 0 aliphatic carbocycles. The van der Waals surface area contributed by atoms with E-state index in [2.05, 4.69) is 26.2 Å². The average Bonchev–Trinajstić information content (AvgIpc) is 2.25. The van der Waals surface area contributed by atoms with Crippen LogP contribution in [-0.2, 0) is 0 Å². The highest BCUT2D eigenvalue weighted by atomic mass is 79.9. The minimum absolute atomic E-state index is 0.660. The quantitative estimate of drug-likeness (QED) is 0.875. The summed E-state index contributed by atoms with van der Waals surface area (Å²) in [4.78, 5) is 4.16. The van der Waals surface area contributed by atoms with Gasteiger partial charge in [0.15, 0.2) is 0 Å². The number of anilines is 3. The third kappa shape index (κ3) is 2.47. The molecule has 3 nitrogen and oxygen atoms in total. The maximum absolute atomic E-state index is 5.55. The highest BCUT2D eigenvalue weighted by Gasteiger charge is 1.99. The number of pyridine rings is 1. The molecule has 3 N–H and O–H groups in total. The minimum atomic E-state index is 0.660. The van der Waals surface area contributed by atoms with Crippen molar-refractivity contribution in [1.82, 2.24) is 4.98 Å². The average molecular weight is 264 g/mol. The molecule has 0 saturated carbocycles. The van der Waals surface area contributed by atoms with Crippen LogP contribution in [-0.4, -0.2) is 4.98 Å². The first-order valence-corrected chi connectivity index (χ1v) is 5.28. The minimum Gasteiger partial charge on any atom is -0.397 e. The van der Waals surface area contributed by atoms with Gasteiger partial charge < -0.3 is 11.1 Å². The molecule has 0 unspecified atom stereocenters. The Morgan fingerprint density at radius 1 is 1.13 bits per heavy atom. The molecule has 76 valence electrons. The Hall–Kier alpha value is -1.55. The van der Waals surface area contributed by atoms with E-state index in [0.717, 1.165) is 16.0 Å². The van der Waals surface area contributed by atoms with E-state index >= 15 is 0 Å². The van der Waals surface area contributed by atoms with Crippen LogP contribution in [0.15, 0.2) is 47.1 Å². The predicted molar refractivity (Wildman–Crippen MR) is 66.1 cm³/mol. The fourth-order valence-electron chi connectivity index (χ4n) is 1.18. The molecule has 0 aliphatic heterocycles. The van der Waals surface area contributed by atoms with Gasteiger partial charge in [-0.15, -0.1) is 0 Å². The van der Waals surface area contributed by atoms with Gasteiger partial charge in [-0.05, 0) is 40.2 Å². The molecule has 0 radical (unpaired) electrons. The second kappa shape index (κ2) is 4.31. The molecular formula is C11H10BrN3. The van der Waals surface area contributed by atoms with Crippen molar-refractivity contribution in [1.29, 1.82) is 0 Å². The van der Waals surface area contributed by atoms with E-state index in [4.69, 9.17) is 5.73 Å². The number of hydrogen-bond acceptors (Lipinski definition) is 3. The van der Waals surface area contributed by atoms with Gasteiger partial charge in [-0.2, -0.15) is 0 Å². The molecule has 0 aliphatic rings. The van der Waals surface area contributed by atoms with Crippen molar-refractivity contribution in [3.05, 3.63) is 47.1 Å². The number of benzene rings is 1. The zero-order chi connectivity index (χ0) is 10.7. The molecular weight excluding hydrogens is 254 g/mol. The lowest BCUT2D eigenvalue weighted by molar-refractivity contribution is 1.31. The van der Waals surface area contributed by atoms with Gasteiger partial charge in [-0.3, -0.25) is 0 Å². The van der Waals surface area contributed by atoms with Gasteiger partial charge in [0, 0.05) is 4.47 Å². The van der Waals surface area contributed by atoms with Gasteiger partial charge >= 0.3 is 0 Å². The number of rotatable bonds is 2. The Kier molecular flexibility index (Phi) is 2.87. The van der Waals surface area contributed by atoms with Crippen molar-refractivity contribution in [2.45, 2.75) is 0 Å². The Balaban J connectivity index is 2.22. The lowest BCUT2D eigenvalue weighted by Crippen LogP contribution is -1.94. The Labute approximate surface area is 96.5 Å². The molecule has 0 amide bonds. The molecule has 0 atom stereocenters. The standard InChI is InChI=1S/C11H10BrN3/c12-9-3-1-2-4-10(9)15-11-6-5-8(13)7-14-11/h1-7H,13H2,(H,14,15). The van der Waals surface area contributed by atoms with E-state index in [1.807, 2.05) is 36.4 Å². The molecule has 0 fully saturated rings. The zero-order valence-electron chi connectivity index (χ0n) is 7.94. The van der Waals surface area contributed by atoms with Crippen LogP contribution in [0.25, 0.3) is 0 Å². The number of hydrogen-bond donors (Lipinski definition) is 2. The van der Waals surface area contributed by atoms with Gasteiger partial charge in [-0.1, -0.05) is 12.1 Å². The van der Waals surface area contributed by atoms with Crippen molar-refractivity contribution in [2.24, 2.45) is 0 Å². The van der Waals surface area contributed by atoms with Crippen LogP contribution >= 0.6 is 15.9 Å². The lowest BCUT2D eigenvalue weighted by Gasteiger charge is -2.07. The number of nitrogens with zero attached hydrogens (tertiary/aromatic N) is 1. The Morgan fingerprint density at radius 3 is 2.60 bits per heavy atom.